The van der Waals surface area contributed by atoms with Crippen molar-refractivity contribution in [2.45, 2.75) is 18.3 Å². The molecule has 1 saturated heterocycles. The summed E-state index contributed by atoms with van der Waals surface area (Å²) in [6.07, 6.45) is 0.782. The van der Waals surface area contributed by atoms with Crippen LogP contribution in [0.2, 0.25) is 0 Å². The van der Waals surface area contributed by atoms with Gasteiger partial charge in [-0.05, 0) is 37.2 Å². The van der Waals surface area contributed by atoms with Crippen molar-refractivity contribution in [3.63, 3.8) is 0 Å². The minimum atomic E-state index is -3.40. The van der Waals surface area contributed by atoms with Crippen LogP contribution in [0, 0.1) is 5.82 Å². The molecular formula is C13H12F3N3O. The molecule has 0 bridgehead atoms. The van der Waals surface area contributed by atoms with E-state index in [2.05, 4.69) is 15.5 Å². The van der Waals surface area contributed by atoms with E-state index < -0.39 is 17.6 Å². The minimum absolute atomic E-state index is 0.0275. The molecule has 1 aliphatic heterocycles. The Morgan fingerprint density at radius 3 is 2.65 bits per heavy atom. The quantitative estimate of drug-likeness (QED) is 0.940. The third-order valence-electron chi connectivity index (χ3n) is 3.34. The lowest BCUT2D eigenvalue weighted by molar-refractivity contribution is 0.0304. The number of rotatable bonds is 3. The summed E-state index contributed by atoms with van der Waals surface area (Å²) in [5.41, 5.74) is -0.365. The Bertz CT molecular complexity index is 591. The van der Waals surface area contributed by atoms with Gasteiger partial charge in [0.2, 0.25) is 11.7 Å². The van der Waals surface area contributed by atoms with Crippen LogP contribution in [0.4, 0.5) is 13.2 Å². The Labute approximate surface area is 113 Å². The molecule has 1 aromatic carbocycles. The molecule has 0 saturated carbocycles. The Balaban J connectivity index is 1.88. The van der Waals surface area contributed by atoms with E-state index in [1.54, 1.807) is 0 Å². The third-order valence-corrected chi connectivity index (χ3v) is 3.34. The van der Waals surface area contributed by atoms with E-state index in [1.807, 2.05) is 0 Å². The molecule has 0 radical (unpaired) electrons. The number of hydrogen-bond donors (Lipinski definition) is 1. The predicted molar refractivity (Wildman–Crippen MR) is 63.9 cm³/mol. The van der Waals surface area contributed by atoms with Gasteiger partial charge in [0, 0.05) is 12.1 Å². The van der Waals surface area contributed by atoms with E-state index in [4.69, 9.17) is 4.52 Å². The first-order chi connectivity index (χ1) is 9.57. The molecule has 1 fully saturated rings. The number of nitrogens with one attached hydrogen (secondary N) is 1. The summed E-state index contributed by atoms with van der Waals surface area (Å²) in [5.74, 6) is -4.48. The molecule has 0 unspecified atom stereocenters. The maximum atomic E-state index is 14.2. The van der Waals surface area contributed by atoms with Crippen LogP contribution >= 0.6 is 0 Å². The van der Waals surface area contributed by atoms with Crippen LogP contribution in [0.15, 0.2) is 28.8 Å². The number of nitrogens with zero attached hydrogens (tertiary/aromatic N) is 2. The van der Waals surface area contributed by atoms with Crippen LogP contribution in [-0.4, -0.2) is 23.2 Å². The molecule has 0 amide bonds. The summed E-state index contributed by atoms with van der Waals surface area (Å²) in [6.45, 7) is 1.44. The zero-order valence-corrected chi connectivity index (χ0v) is 10.4. The predicted octanol–water partition coefficient (Wildman–Crippen LogP) is 2.43. The standard InChI is InChI=1S/C13H12F3N3O/c14-10-3-1-9(2-4-10)13(15,16)12-18-11(20-19-12)8-5-6-17-7-8/h1-4,8,17H,5-7H2/t8-/m0/s1. The maximum absolute atomic E-state index is 14.2. The van der Waals surface area contributed by atoms with Crippen molar-refractivity contribution in [3.8, 4) is 0 Å². The van der Waals surface area contributed by atoms with Crippen LogP contribution in [0.25, 0.3) is 0 Å². The molecule has 0 spiro atoms. The number of aromatic nitrogens is 2. The average Bonchev–Trinajstić information content (AvgIpc) is 3.10. The maximum Gasteiger partial charge on any atom is 0.335 e. The molecular weight excluding hydrogens is 271 g/mol. The zero-order chi connectivity index (χ0) is 14.2. The van der Waals surface area contributed by atoms with Crippen molar-refractivity contribution in [2.75, 3.05) is 13.1 Å². The van der Waals surface area contributed by atoms with Gasteiger partial charge in [-0.3, -0.25) is 0 Å². The monoisotopic (exact) mass is 283 g/mol. The molecule has 2 heterocycles. The van der Waals surface area contributed by atoms with Crippen molar-refractivity contribution < 1.29 is 17.7 Å². The fraction of sp³-hybridized carbons (Fsp3) is 0.385. The van der Waals surface area contributed by atoms with Crippen LogP contribution < -0.4 is 5.32 Å². The minimum Gasteiger partial charge on any atom is -0.339 e. The lowest BCUT2D eigenvalue weighted by Gasteiger charge is -2.11. The van der Waals surface area contributed by atoms with Gasteiger partial charge in [0.05, 0.1) is 5.92 Å². The SMILES string of the molecule is Fc1ccc(C(F)(F)c2noc([C@H]3CCNC3)n2)cc1. The van der Waals surface area contributed by atoms with Gasteiger partial charge in [0.1, 0.15) is 5.82 Å². The molecule has 1 aliphatic rings. The lowest BCUT2D eigenvalue weighted by Crippen LogP contribution is -2.17. The smallest absolute Gasteiger partial charge is 0.335 e. The molecule has 1 N–H and O–H groups in total. The second-order valence-corrected chi connectivity index (χ2v) is 4.73. The summed E-state index contributed by atoms with van der Waals surface area (Å²) in [6, 6.07) is 3.99. The summed E-state index contributed by atoms with van der Waals surface area (Å²) in [4.78, 5) is 3.80. The zero-order valence-electron chi connectivity index (χ0n) is 10.4. The first-order valence-electron chi connectivity index (χ1n) is 6.26. The summed E-state index contributed by atoms with van der Waals surface area (Å²) in [7, 11) is 0. The summed E-state index contributed by atoms with van der Waals surface area (Å²) >= 11 is 0. The fourth-order valence-electron chi connectivity index (χ4n) is 2.18. The third kappa shape index (κ3) is 2.29. The molecule has 106 valence electrons. The normalized spacial score (nSPS) is 19.4. The highest BCUT2D eigenvalue weighted by molar-refractivity contribution is 5.26. The van der Waals surface area contributed by atoms with Crippen LogP contribution in [0.5, 0.6) is 0 Å². The highest BCUT2D eigenvalue weighted by atomic mass is 19.3. The molecule has 1 aromatic heterocycles. The fourth-order valence-corrected chi connectivity index (χ4v) is 2.18. The van der Waals surface area contributed by atoms with Gasteiger partial charge in [-0.1, -0.05) is 5.16 Å². The van der Waals surface area contributed by atoms with Gasteiger partial charge in [0.25, 0.3) is 0 Å². The van der Waals surface area contributed by atoms with E-state index in [1.165, 1.54) is 0 Å². The topological polar surface area (TPSA) is 51.0 Å². The van der Waals surface area contributed by atoms with Gasteiger partial charge >= 0.3 is 5.92 Å². The summed E-state index contributed by atoms with van der Waals surface area (Å²) < 4.78 is 46.1. The Morgan fingerprint density at radius 2 is 2.00 bits per heavy atom. The number of alkyl halides is 2. The van der Waals surface area contributed by atoms with Gasteiger partial charge in [-0.15, -0.1) is 0 Å². The van der Waals surface area contributed by atoms with Crippen molar-refractivity contribution in [1.29, 1.82) is 0 Å². The van der Waals surface area contributed by atoms with E-state index in [9.17, 15) is 13.2 Å². The van der Waals surface area contributed by atoms with Gasteiger partial charge < -0.3 is 9.84 Å². The molecule has 0 aliphatic carbocycles. The van der Waals surface area contributed by atoms with Crippen LogP contribution in [-0.2, 0) is 5.92 Å². The molecule has 20 heavy (non-hydrogen) atoms. The first-order valence-corrected chi connectivity index (χ1v) is 6.26. The molecule has 3 rings (SSSR count). The van der Waals surface area contributed by atoms with Gasteiger partial charge in [-0.25, -0.2) is 4.39 Å². The first kappa shape index (κ1) is 13.1. The highest BCUT2D eigenvalue weighted by Crippen LogP contribution is 2.34. The van der Waals surface area contributed by atoms with Crippen LogP contribution in [0.3, 0.4) is 0 Å². The van der Waals surface area contributed by atoms with Crippen molar-refractivity contribution in [2.24, 2.45) is 0 Å². The van der Waals surface area contributed by atoms with E-state index in [-0.39, 0.29) is 17.4 Å². The molecule has 1 atom stereocenters. The molecule has 2 aromatic rings. The van der Waals surface area contributed by atoms with Crippen LogP contribution in [0.1, 0.15) is 29.6 Å². The van der Waals surface area contributed by atoms with E-state index in [0.29, 0.717) is 6.54 Å². The largest absolute Gasteiger partial charge is 0.339 e. The number of halogens is 3. The number of hydrogen-bond acceptors (Lipinski definition) is 4. The van der Waals surface area contributed by atoms with E-state index >= 15 is 0 Å². The number of benzene rings is 1. The second kappa shape index (κ2) is 4.90. The summed E-state index contributed by atoms with van der Waals surface area (Å²) in [5, 5.41) is 6.47. The Kier molecular flexibility index (Phi) is 3.21. The Hall–Kier alpha value is -1.89. The lowest BCUT2D eigenvalue weighted by atomic mass is 10.1. The van der Waals surface area contributed by atoms with E-state index in [0.717, 1.165) is 37.2 Å². The molecule has 4 nitrogen and oxygen atoms in total. The second-order valence-electron chi connectivity index (χ2n) is 4.73. The van der Waals surface area contributed by atoms with Gasteiger partial charge in [-0.2, -0.15) is 13.8 Å². The van der Waals surface area contributed by atoms with Crippen molar-refractivity contribution >= 4 is 0 Å². The van der Waals surface area contributed by atoms with Gasteiger partial charge in [0.15, 0.2) is 0 Å². The Morgan fingerprint density at radius 1 is 1.25 bits per heavy atom. The van der Waals surface area contributed by atoms with Crippen molar-refractivity contribution in [1.82, 2.24) is 15.5 Å². The highest BCUT2D eigenvalue weighted by Gasteiger charge is 2.40. The molecule has 7 heteroatoms. The van der Waals surface area contributed by atoms with Crippen molar-refractivity contribution in [3.05, 3.63) is 47.4 Å². The average molecular weight is 283 g/mol.